The van der Waals surface area contributed by atoms with Crippen molar-refractivity contribution < 1.29 is 4.74 Å². The Hall–Kier alpha value is -1.22. The van der Waals surface area contributed by atoms with E-state index in [2.05, 4.69) is 49.3 Å². The molecule has 0 aromatic heterocycles. The van der Waals surface area contributed by atoms with Crippen molar-refractivity contribution in [3.63, 3.8) is 0 Å². The average Bonchev–Trinajstić information content (AvgIpc) is 2.45. The molecule has 1 aromatic carbocycles. The molecule has 1 N–H and O–H groups in total. The molecule has 0 saturated carbocycles. The van der Waals surface area contributed by atoms with Crippen LogP contribution >= 0.6 is 0 Å². The highest BCUT2D eigenvalue weighted by atomic mass is 16.5. The van der Waals surface area contributed by atoms with Gasteiger partial charge in [0.05, 0.1) is 6.10 Å². The van der Waals surface area contributed by atoms with E-state index in [0.29, 0.717) is 0 Å². The van der Waals surface area contributed by atoms with Crippen LogP contribution < -0.4 is 10.1 Å². The number of benzene rings is 1. The van der Waals surface area contributed by atoms with Crippen molar-refractivity contribution in [3.8, 4) is 5.75 Å². The van der Waals surface area contributed by atoms with Gasteiger partial charge in [0.1, 0.15) is 5.75 Å². The van der Waals surface area contributed by atoms with Gasteiger partial charge in [-0.1, -0.05) is 13.0 Å². The number of rotatable bonds is 6. The Labute approximate surface area is 123 Å². The van der Waals surface area contributed by atoms with Crippen LogP contribution in [0, 0.1) is 5.92 Å². The van der Waals surface area contributed by atoms with Crippen molar-refractivity contribution >= 4 is 5.69 Å². The van der Waals surface area contributed by atoms with Crippen LogP contribution in [0.4, 0.5) is 5.69 Å². The first-order chi connectivity index (χ1) is 9.67. The Morgan fingerprint density at radius 2 is 2.30 bits per heavy atom. The van der Waals surface area contributed by atoms with E-state index in [1.165, 1.54) is 31.6 Å². The summed E-state index contributed by atoms with van der Waals surface area (Å²) in [4.78, 5) is 2.43. The maximum absolute atomic E-state index is 5.86. The van der Waals surface area contributed by atoms with E-state index in [4.69, 9.17) is 4.74 Å². The van der Waals surface area contributed by atoms with Crippen LogP contribution in [-0.2, 0) is 0 Å². The lowest BCUT2D eigenvalue weighted by Gasteiger charge is -2.30. The van der Waals surface area contributed by atoms with Gasteiger partial charge in [0.2, 0.25) is 0 Å². The van der Waals surface area contributed by atoms with Gasteiger partial charge in [-0.2, -0.15) is 0 Å². The molecular weight excluding hydrogens is 248 g/mol. The number of nitrogens with zero attached hydrogens (tertiary/aromatic N) is 1. The second kappa shape index (κ2) is 7.53. The minimum atomic E-state index is 0.275. The number of hydrogen-bond acceptors (Lipinski definition) is 3. The Morgan fingerprint density at radius 1 is 1.45 bits per heavy atom. The largest absolute Gasteiger partial charge is 0.491 e. The summed E-state index contributed by atoms with van der Waals surface area (Å²) in [5.74, 6) is 1.72. The van der Waals surface area contributed by atoms with Crippen LogP contribution in [0.25, 0.3) is 0 Å². The molecule has 1 aliphatic rings. The molecule has 2 atom stereocenters. The molecule has 1 saturated heterocycles. The molecule has 112 valence electrons. The van der Waals surface area contributed by atoms with Crippen molar-refractivity contribution in [3.05, 3.63) is 24.3 Å². The van der Waals surface area contributed by atoms with Crippen molar-refractivity contribution in [1.29, 1.82) is 0 Å². The average molecular weight is 276 g/mol. The molecule has 20 heavy (non-hydrogen) atoms. The molecule has 1 fully saturated rings. The normalized spacial score (nSPS) is 21.4. The highest BCUT2D eigenvalue weighted by Gasteiger charge is 2.16. The lowest BCUT2D eigenvalue weighted by molar-refractivity contribution is 0.216. The van der Waals surface area contributed by atoms with E-state index in [1.807, 2.05) is 6.07 Å². The fourth-order valence-corrected chi connectivity index (χ4v) is 2.70. The van der Waals surface area contributed by atoms with Crippen LogP contribution in [0.5, 0.6) is 5.75 Å². The van der Waals surface area contributed by atoms with Gasteiger partial charge in [-0.15, -0.1) is 0 Å². The van der Waals surface area contributed by atoms with Gasteiger partial charge in [-0.05, 0) is 57.8 Å². The standard InChI is InChI=1S/C17H28N2O/c1-4-14(2)20-17-9-5-8-16(11-17)18-12-15-7-6-10-19(3)13-15/h5,8-9,11,14-15,18H,4,6-7,10,12-13H2,1-3H3. The Morgan fingerprint density at radius 3 is 3.05 bits per heavy atom. The first-order valence-electron chi connectivity index (χ1n) is 7.86. The lowest BCUT2D eigenvalue weighted by atomic mass is 9.98. The summed E-state index contributed by atoms with van der Waals surface area (Å²) >= 11 is 0. The number of hydrogen-bond donors (Lipinski definition) is 1. The van der Waals surface area contributed by atoms with Crippen LogP contribution in [0.15, 0.2) is 24.3 Å². The Bertz CT molecular complexity index is 408. The minimum Gasteiger partial charge on any atom is -0.491 e. The van der Waals surface area contributed by atoms with E-state index < -0.39 is 0 Å². The zero-order chi connectivity index (χ0) is 14.4. The smallest absolute Gasteiger partial charge is 0.121 e. The highest BCUT2D eigenvalue weighted by Crippen LogP contribution is 2.21. The number of piperidine rings is 1. The van der Waals surface area contributed by atoms with Crippen molar-refractivity contribution in [2.45, 2.75) is 39.2 Å². The van der Waals surface area contributed by atoms with Crippen molar-refractivity contribution in [2.75, 3.05) is 32.0 Å². The lowest BCUT2D eigenvalue weighted by Crippen LogP contribution is -2.35. The van der Waals surface area contributed by atoms with Crippen LogP contribution in [0.1, 0.15) is 33.1 Å². The van der Waals surface area contributed by atoms with E-state index >= 15 is 0 Å². The third-order valence-electron chi connectivity index (χ3n) is 4.06. The molecule has 1 aromatic rings. The van der Waals surface area contributed by atoms with Crippen LogP contribution in [-0.4, -0.2) is 37.7 Å². The molecule has 0 aliphatic carbocycles. The summed E-state index contributed by atoms with van der Waals surface area (Å²) in [6, 6.07) is 8.33. The zero-order valence-corrected chi connectivity index (χ0v) is 13.1. The molecule has 0 bridgehead atoms. The van der Waals surface area contributed by atoms with Crippen molar-refractivity contribution in [1.82, 2.24) is 4.90 Å². The fraction of sp³-hybridized carbons (Fsp3) is 0.647. The van der Waals surface area contributed by atoms with Gasteiger partial charge >= 0.3 is 0 Å². The second-order valence-electron chi connectivity index (χ2n) is 6.02. The van der Waals surface area contributed by atoms with Gasteiger partial charge in [-0.3, -0.25) is 0 Å². The topological polar surface area (TPSA) is 24.5 Å². The van der Waals surface area contributed by atoms with E-state index in [9.17, 15) is 0 Å². The van der Waals surface area contributed by atoms with Gasteiger partial charge in [0, 0.05) is 24.8 Å². The first kappa shape index (κ1) is 15.2. The highest BCUT2D eigenvalue weighted by molar-refractivity contribution is 5.48. The predicted octanol–water partition coefficient (Wildman–Crippen LogP) is 3.62. The monoisotopic (exact) mass is 276 g/mol. The third kappa shape index (κ3) is 4.71. The molecule has 1 heterocycles. The summed E-state index contributed by atoms with van der Waals surface area (Å²) in [6.45, 7) is 7.76. The van der Waals surface area contributed by atoms with Crippen molar-refractivity contribution in [2.24, 2.45) is 5.92 Å². The fourth-order valence-electron chi connectivity index (χ4n) is 2.70. The SMILES string of the molecule is CCC(C)Oc1cccc(NCC2CCCN(C)C2)c1. The molecule has 2 unspecified atom stereocenters. The summed E-state index contributed by atoms with van der Waals surface area (Å²) in [5, 5.41) is 3.56. The molecule has 3 heteroatoms. The number of ether oxygens (including phenoxy) is 1. The number of anilines is 1. The molecule has 0 amide bonds. The molecule has 0 spiro atoms. The van der Waals surface area contributed by atoms with E-state index in [0.717, 1.165) is 24.6 Å². The zero-order valence-electron chi connectivity index (χ0n) is 13.1. The van der Waals surface area contributed by atoms with E-state index in [-0.39, 0.29) is 6.10 Å². The summed E-state index contributed by atoms with van der Waals surface area (Å²) < 4.78 is 5.86. The summed E-state index contributed by atoms with van der Waals surface area (Å²) in [5.41, 5.74) is 1.17. The van der Waals surface area contributed by atoms with Gasteiger partial charge in [-0.25, -0.2) is 0 Å². The number of likely N-dealkylation sites (tertiary alicyclic amines) is 1. The Kier molecular flexibility index (Phi) is 5.72. The van der Waals surface area contributed by atoms with Crippen LogP contribution in [0.3, 0.4) is 0 Å². The molecule has 3 nitrogen and oxygen atoms in total. The van der Waals surface area contributed by atoms with Crippen LogP contribution in [0.2, 0.25) is 0 Å². The summed E-state index contributed by atoms with van der Waals surface area (Å²) in [6.07, 6.45) is 3.96. The number of nitrogens with one attached hydrogen (secondary N) is 1. The predicted molar refractivity (Wildman–Crippen MR) is 85.5 cm³/mol. The Balaban J connectivity index is 1.84. The third-order valence-corrected chi connectivity index (χ3v) is 4.06. The van der Waals surface area contributed by atoms with Gasteiger partial charge in [0.25, 0.3) is 0 Å². The quantitative estimate of drug-likeness (QED) is 0.859. The molecule has 2 rings (SSSR count). The van der Waals surface area contributed by atoms with E-state index in [1.54, 1.807) is 0 Å². The maximum Gasteiger partial charge on any atom is 0.121 e. The first-order valence-corrected chi connectivity index (χ1v) is 7.86. The van der Waals surface area contributed by atoms with Gasteiger partial charge in [0.15, 0.2) is 0 Å². The second-order valence-corrected chi connectivity index (χ2v) is 6.02. The summed E-state index contributed by atoms with van der Waals surface area (Å²) in [7, 11) is 2.22. The maximum atomic E-state index is 5.86. The van der Waals surface area contributed by atoms with Gasteiger partial charge < -0.3 is 15.0 Å². The molecule has 0 radical (unpaired) electrons. The minimum absolute atomic E-state index is 0.275. The molecular formula is C17H28N2O. The molecule has 1 aliphatic heterocycles.